The Bertz CT molecular complexity index is 526. The first-order valence-electron chi connectivity index (χ1n) is 8.52. The average molecular weight is 339 g/mol. The minimum atomic E-state index is -0.577. The normalized spacial score (nSPS) is 13.0. The fraction of sp³-hybridized carbons (Fsp3) is 0.632. The summed E-state index contributed by atoms with van der Waals surface area (Å²) in [7, 11) is 0. The molecule has 0 aliphatic carbocycles. The Morgan fingerprint density at radius 2 is 1.88 bits per heavy atom. The molecule has 0 aliphatic heterocycles. The van der Waals surface area contributed by atoms with E-state index in [0.29, 0.717) is 12.0 Å². The number of benzene rings is 1. The zero-order valence-electron chi connectivity index (χ0n) is 15.6. The summed E-state index contributed by atoms with van der Waals surface area (Å²) in [5.74, 6) is -0.305. The van der Waals surface area contributed by atoms with E-state index in [1.165, 1.54) is 6.07 Å². The molecule has 1 amide bonds. The van der Waals surface area contributed by atoms with Crippen molar-refractivity contribution in [2.75, 3.05) is 0 Å². The van der Waals surface area contributed by atoms with Gasteiger partial charge in [-0.1, -0.05) is 31.5 Å². The van der Waals surface area contributed by atoms with Crippen LogP contribution in [0.2, 0.25) is 0 Å². The number of rotatable bonds is 7. The van der Waals surface area contributed by atoms with Crippen LogP contribution < -0.4 is 0 Å². The van der Waals surface area contributed by atoms with Crippen LogP contribution in [0, 0.1) is 5.82 Å². The first kappa shape index (κ1) is 20.4. The van der Waals surface area contributed by atoms with Crippen LogP contribution in [-0.4, -0.2) is 28.9 Å². The molecule has 0 radical (unpaired) electrons. The minimum Gasteiger partial charge on any atom is -0.444 e. The van der Waals surface area contributed by atoms with E-state index in [9.17, 15) is 9.18 Å². The van der Waals surface area contributed by atoms with Crippen LogP contribution in [0.15, 0.2) is 24.3 Å². The molecule has 0 bridgehead atoms. The van der Waals surface area contributed by atoms with Gasteiger partial charge in [-0.2, -0.15) is 0 Å². The molecule has 0 saturated heterocycles. The molecule has 0 saturated carbocycles. The van der Waals surface area contributed by atoms with Gasteiger partial charge in [-0.3, -0.25) is 4.90 Å². The highest BCUT2D eigenvalue weighted by atomic mass is 19.1. The van der Waals surface area contributed by atoms with Crippen LogP contribution in [0.25, 0.3) is 0 Å². The van der Waals surface area contributed by atoms with Gasteiger partial charge in [0.15, 0.2) is 0 Å². The van der Waals surface area contributed by atoms with Gasteiger partial charge in [0.2, 0.25) is 0 Å². The van der Waals surface area contributed by atoms with E-state index in [-0.39, 0.29) is 18.5 Å². The van der Waals surface area contributed by atoms with Gasteiger partial charge >= 0.3 is 6.09 Å². The SMILES string of the molecule is CCCC(OCc1ccccc1F)N(C(=O)OC(C)(C)C)C(C)C. The standard InChI is InChI=1S/C19H30FNO3/c1-7-10-17(23-13-15-11-8-9-12-16(15)20)21(14(2)3)18(22)24-19(4,5)6/h8-9,11-12,14,17H,7,10,13H2,1-6H3. The fourth-order valence-corrected chi connectivity index (χ4v) is 2.33. The lowest BCUT2D eigenvalue weighted by atomic mass is 10.2. The molecule has 0 spiro atoms. The summed E-state index contributed by atoms with van der Waals surface area (Å²) >= 11 is 0. The first-order valence-corrected chi connectivity index (χ1v) is 8.52. The molecule has 0 N–H and O–H groups in total. The third-order valence-corrected chi connectivity index (χ3v) is 3.40. The second-order valence-corrected chi connectivity index (χ2v) is 7.13. The predicted octanol–water partition coefficient (Wildman–Crippen LogP) is 5.11. The lowest BCUT2D eigenvalue weighted by molar-refractivity contribution is -0.0891. The number of halogens is 1. The number of nitrogens with zero attached hydrogens (tertiary/aromatic N) is 1. The maximum Gasteiger partial charge on any atom is 0.412 e. The molecule has 1 rings (SSSR count). The lowest BCUT2D eigenvalue weighted by Crippen LogP contribution is -2.48. The van der Waals surface area contributed by atoms with Crippen molar-refractivity contribution in [3.05, 3.63) is 35.6 Å². The number of carbonyl (C=O) groups excluding carboxylic acids is 1. The smallest absolute Gasteiger partial charge is 0.412 e. The summed E-state index contributed by atoms with van der Waals surface area (Å²) < 4.78 is 25.2. The summed E-state index contributed by atoms with van der Waals surface area (Å²) in [4.78, 5) is 14.1. The summed E-state index contributed by atoms with van der Waals surface area (Å²) in [6.07, 6.45) is 0.633. The van der Waals surface area contributed by atoms with Crippen LogP contribution in [0.4, 0.5) is 9.18 Å². The molecule has 0 heterocycles. The van der Waals surface area contributed by atoms with Crippen molar-refractivity contribution in [3.8, 4) is 0 Å². The van der Waals surface area contributed by atoms with Gasteiger partial charge in [0.1, 0.15) is 17.6 Å². The zero-order chi connectivity index (χ0) is 18.3. The van der Waals surface area contributed by atoms with Crippen LogP contribution in [0.5, 0.6) is 0 Å². The van der Waals surface area contributed by atoms with Crippen LogP contribution in [0.1, 0.15) is 59.9 Å². The van der Waals surface area contributed by atoms with Gasteiger partial charge in [-0.05, 0) is 47.1 Å². The van der Waals surface area contributed by atoms with E-state index in [4.69, 9.17) is 9.47 Å². The van der Waals surface area contributed by atoms with E-state index in [0.717, 1.165) is 6.42 Å². The summed E-state index contributed by atoms with van der Waals surface area (Å²) in [6.45, 7) is 11.5. The zero-order valence-corrected chi connectivity index (χ0v) is 15.6. The third kappa shape index (κ3) is 6.48. The lowest BCUT2D eigenvalue weighted by Gasteiger charge is -2.36. The molecule has 0 aromatic heterocycles. The van der Waals surface area contributed by atoms with Crippen molar-refractivity contribution in [3.63, 3.8) is 0 Å². The Balaban J connectivity index is 2.88. The number of hydrogen-bond donors (Lipinski definition) is 0. The van der Waals surface area contributed by atoms with Crippen LogP contribution in [0.3, 0.4) is 0 Å². The molecule has 1 aromatic rings. The molecule has 1 atom stereocenters. The minimum absolute atomic E-state index is 0.0861. The monoisotopic (exact) mass is 339 g/mol. The van der Waals surface area contributed by atoms with Gasteiger partial charge < -0.3 is 9.47 Å². The van der Waals surface area contributed by atoms with Crippen LogP contribution in [-0.2, 0) is 16.1 Å². The molecular weight excluding hydrogens is 309 g/mol. The van der Waals surface area contributed by atoms with Crippen molar-refractivity contribution in [2.45, 2.75) is 78.9 Å². The average Bonchev–Trinajstić information content (AvgIpc) is 2.44. The number of carbonyl (C=O) groups is 1. The highest BCUT2D eigenvalue weighted by Crippen LogP contribution is 2.20. The summed E-state index contributed by atoms with van der Waals surface area (Å²) in [5, 5.41) is 0. The van der Waals surface area contributed by atoms with Gasteiger partial charge in [0, 0.05) is 11.6 Å². The second kappa shape index (κ2) is 9.02. The molecule has 0 aliphatic rings. The van der Waals surface area contributed by atoms with E-state index in [1.54, 1.807) is 23.1 Å². The molecule has 136 valence electrons. The Morgan fingerprint density at radius 1 is 1.25 bits per heavy atom. The van der Waals surface area contributed by atoms with Crippen molar-refractivity contribution in [1.82, 2.24) is 4.90 Å². The number of ether oxygens (including phenoxy) is 2. The third-order valence-electron chi connectivity index (χ3n) is 3.40. The van der Waals surface area contributed by atoms with Crippen molar-refractivity contribution in [1.29, 1.82) is 0 Å². The van der Waals surface area contributed by atoms with Gasteiger partial charge in [0.05, 0.1) is 6.61 Å². The van der Waals surface area contributed by atoms with E-state index in [2.05, 4.69) is 0 Å². The number of hydrogen-bond acceptors (Lipinski definition) is 3. The Kier molecular flexibility index (Phi) is 7.67. The number of amides is 1. The van der Waals surface area contributed by atoms with Crippen molar-refractivity contribution < 1.29 is 18.7 Å². The Morgan fingerprint density at radius 3 is 2.38 bits per heavy atom. The van der Waals surface area contributed by atoms with Gasteiger partial charge in [0.25, 0.3) is 0 Å². The first-order chi connectivity index (χ1) is 11.2. The molecule has 0 fully saturated rings. The van der Waals surface area contributed by atoms with Crippen molar-refractivity contribution >= 4 is 6.09 Å². The largest absolute Gasteiger partial charge is 0.444 e. The topological polar surface area (TPSA) is 38.8 Å². The molecule has 1 unspecified atom stereocenters. The molecule has 24 heavy (non-hydrogen) atoms. The summed E-state index contributed by atoms with van der Waals surface area (Å²) in [6, 6.07) is 6.42. The quantitative estimate of drug-likeness (QED) is 0.648. The highest BCUT2D eigenvalue weighted by Gasteiger charge is 2.30. The van der Waals surface area contributed by atoms with E-state index >= 15 is 0 Å². The predicted molar refractivity (Wildman–Crippen MR) is 93.1 cm³/mol. The fourth-order valence-electron chi connectivity index (χ4n) is 2.33. The molecule has 5 heteroatoms. The van der Waals surface area contributed by atoms with E-state index in [1.807, 2.05) is 41.5 Å². The molecular formula is C19H30FNO3. The molecule has 1 aromatic carbocycles. The Hall–Kier alpha value is -1.62. The van der Waals surface area contributed by atoms with Crippen molar-refractivity contribution in [2.24, 2.45) is 0 Å². The second-order valence-electron chi connectivity index (χ2n) is 7.13. The maximum atomic E-state index is 13.8. The summed E-state index contributed by atoms with van der Waals surface area (Å²) in [5.41, 5.74) is -0.0986. The van der Waals surface area contributed by atoms with Crippen LogP contribution >= 0.6 is 0 Å². The van der Waals surface area contributed by atoms with E-state index < -0.39 is 17.9 Å². The molecule has 4 nitrogen and oxygen atoms in total. The van der Waals surface area contributed by atoms with Gasteiger partial charge in [-0.25, -0.2) is 9.18 Å². The maximum absolute atomic E-state index is 13.8. The highest BCUT2D eigenvalue weighted by molar-refractivity contribution is 5.68. The Labute approximate surface area is 144 Å². The van der Waals surface area contributed by atoms with Gasteiger partial charge in [-0.15, -0.1) is 0 Å².